The molecule has 4 aliphatic rings. The monoisotopic (exact) mass is 711 g/mol. The van der Waals surface area contributed by atoms with Crippen LogP contribution < -0.4 is 9.64 Å². The molecule has 0 N–H and O–H groups in total. The Bertz CT molecular complexity index is 2730. The summed E-state index contributed by atoms with van der Waals surface area (Å²) in [6, 6.07) is 53.1. The second-order valence-corrected chi connectivity index (χ2v) is 15.9. The first-order valence-corrected chi connectivity index (χ1v) is 19.6. The molecule has 0 spiro atoms. The fraction of sp³-hybridized carbons (Fsp3) is 0.154. The van der Waals surface area contributed by atoms with Gasteiger partial charge in [0.15, 0.2) is 0 Å². The lowest BCUT2D eigenvalue weighted by atomic mass is 9.82. The summed E-state index contributed by atoms with van der Waals surface area (Å²) >= 11 is 0. The van der Waals surface area contributed by atoms with Gasteiger partial charge in [-0.25, -0.2) is 0 Å². The minimum Gasteiger partial charge on any atom is -0.461 e. The highest BCUT2D eigenvalue weighted by atomic mass is 16.5. The van der Waals surface area contributed by atoms with Crippen LogP contribution in [0.3, 0.4) is 0 Å². The van der Waals surface area contributed by atoms with E-state index in [1.165, 1.54) is 61.2 Å². The van der Waals surface area contributed by atoms with Crippen molar-refractivity contribution in [2.24, 2.45) is 0 Å². The minimum atomic E-state index is -0.112. The predicted octanol–water partition coefficient (Wildman–Crippen LogP) is 12.8. The number of hydrogen-bond acceptors (Lipinski definition) is 3. The summed E-state index contributed by atoms with van der Waals surface area (Å²) < 4.78 is 13.6. The normalized spacial score (nSPS) is 19.9. The van der Waals surface area contributed by atoms with Gasteiger partial charge in [-0.1, -0.05) is 147 Å². The average Bonchev–Trinajstić information content (AvgIpc) is 3.80. The van der Waals surface area contributed by atoms with Crippen LogP contribution in [0.25, 0.3) is 27.7 Å². The molecule has 0 amide bonds. The second kappa shape index (κ2) is 12.4. The van der Waals surface area contributed by atoms with Crippen molar-refractivity contribution in [3.8, 4) is 16.9 Å². The molecule has 3 heteroatoms. The molecule has 1 aromatic heterocycles. The van der Waals surface area contributed by atoms with Crippen LogP contribution >= 0.6 is 0 Å². The lowest BCUT2D eigenvalue weighted by molar-refractivity contribution is 0.422. The SMILES string of the molecule is CC1(C)c2ccccc2-c2ccc(N(c3ccc4c(c3)C3Cc5oc6ccccc6c5CC(c5ccccc5)=C3O4)C3C=CC=CC3c3ccccc3)cc21. The molecule has 11 rings (SSSR count). The number of hydrogen-bond donors (Lipinski definition) is 0. The van der Waals surface area contributed by atoms with E-state index in [0.717, 1.165) is 41.4 Å². The third kappa shape index (κ3) is 5.03. The third-order valence-corrected chi connectivity index (χ3v) is 12.6. The number of ether oxygens (including phenoxy) is 1. The second-order valence-electron chi connectivity index (χ2n) is 15.9. The first-order valence-electron chi connectivity index (χ1n) is 19.6. The Morgan fingerprint density at radius 1 is 0.655 bits per heavy atom. The zero-order valence-corrected chi connectivity index (χ0v) is 31.1. The zero-order valence-electron chi connectivity index (χ0n) is 31.1. The van der Waals surface area contributed by atoms with Gasteiger partial charge in [0.2, 0.25) is 0 Å². The van der Waals surface area contributed by atoms with Crippen LogP contribution in [0.15, 0.2) is 180 Å². The van der Waals surface area contributed by atoms with E-state index in [1.54, 1.807) is 0 Å². The van der Waals surface area contributed by atoms with Crippen molar-refractivity contribution in [1.82, 2.24) is 0 Å². The summed E-state index contributed by atoms with van der Waals surface area (Å²) in [5, 5.41) is 1.19. The van der Waals surface area contributed by atoms with Gasteiger partial charge in [-0.15, -0.1) is 0 Å². The molecule has 0 radical (unpaired) electrons. The Kier molecular flexibility index (Phi) is 7.22. The average molecular weight is 712 g/mol. The van der Waals surface area contributed by atoms with Gasteiger partial charge in [-0.2, -0.15) is 0 Å². The van der Waals surface area contributed by atoms with Gasteiger partial charge in [0.25, 0.3) is 0 Å². The Balaban J connectivity index is 1.09. The zero-order chi connectivity index (χ0) is 36.7. The molecule has 3 aliphatic carbocycles. The summed E-state index contributed by atoms with van der Waals surface area (Å²) in [4.78, 5) is 2.57. The number of anilines is 2. The smallest absolute Gasteiger partial charge is 0.134 e. The van der Waals surface area contributed by atoms with Gasteiger partial charge >= 0.3 is 0 Å². The van der Waals surface area contributed by atoms with Gasteiger partial charge < -0.3 is 14.1 Å². The van der Waals surface area contributed by atoms with E-state index in [9.17, 15) is 0 Å². The molecule has 55 heavy (non-hydrogen) atoms. The van der Waals surface area contributed by atoms with Crippen molar-refractivity contribution in [3.05, 3.63) is 215 Å². The molecule has 3 atom stereocenters. The Morgan fingerprint density at radius 3 is 2.24 bits per heavy atom. The molecular formula is C52H41NO2. The molecule has 0 saturated carbocycles. The molecule has 3 unspecified atom stereocenters. The minimum absolute atomic E-state index is 0.0222. The highest BCUT2D eigenvalue weighted by Gasteiger charge is 2.40. The number of para-hydroxylation sites is 1. The molecule has 0 fully saturated rings. The molecule has 6 aromatic carbocycles. The van der Waals surface area contributed by atoms with Gasteiger partial charge in [0.05, 0.1) is 12.0 Å². The van der Waals surface area contributed by atoms with E-state index >= 15 is 0 Å². The van der Waals surface area contributed by atoms with Crippen molar-refractivity contribution in [3.63, 3.8) is 0 Å². The van der Waals surface area contributed by atoms with Crippen LogP contribution in [0.4, 0.5) is 11.4 Å². The Morgan fingerprint density at radius 2 is 1.36 bits per heavy atom. The third-order valence-electron chi connectivity index (χ3n) is 12.6. The fourth-order valence-electron chi connectivity index (χ4n) is 9.86. The maximum atomic E-state index is 6.96. The summed E-state index contributed by atoms with van der Waals surface area (Å²) in [6.45, 7) is 4.73. The van der Waals surface area contributed by atoms with Crippen LogP contribution in [0.1, 0.15) is 64.8 Å². The van der Waals surface area contributed by atoms with Crippen LogP contribution in [0.5, 0.6) is 5.75 Å². The summed E-state index contributed by atoms with van der Waals surface area (Å²) in [5.74, 6) is 3.21. The first-order chi connectivity index (χ1) is 27.0. The van der Waals surface area contributed by atoms with Crippen molar-refractivity contribution in [1.29, 1.82) is 0 Å². The maximum Gasteiger partial charge on any atom is 0.134 e. The summed E-state index contributed by atoms with van der Waals surface area (Å²) in [5.41, 5.74) is 14.8. The topological polar surface area (TPSA) is 25.6 Å². The van der Waals surface area contributed by atoms with E-state index in [0.29, 0.717) is 0 Å². The van der Waals surface area contributed by atoms with Crippen molar-refractivity contribution < 1.29 is 9.15 Å². The molecule has 2 heterocycles. The van der Waals surface area contributed by atoms with Gasteiger partial charge in [0.1, 0.15) is 22.9 Å². The van der Waals surface area contributed by atoms with Gasteiger partial charge in [-0.3, -0.25) is 0 Å². The highest BCUT2D eigenvalue weighted by molar-refractivity contribution is 5.87. The van der Waals surface area contributed by atoms with E-state index in [4.69, 9.17) is 9.15 Å². The molecule has 3 nitrogen and oxygen atoms in total. The van der Waals surface area contributed by atoms with E-state index < -0.39 is 0 Å². The van der Waals surface area contributed by atoms with Gasteiger partial charge in [0, 0.05) is 57.6 Å². The summed E-state index contributed by atoms with van der Waals surface area (Å²) in [7, 11) is 0. The van der Waals surface area contributed by atoms with Crippen molar-refractivity contribution in [2.75, 3.05) is 4.90 Å². The molecule has 7 aromatic rings. The van der Waals surface area contributed by atoms with Crippen LogP contribution in [0, 0.1) is 0 Å². The lowest BCUT2D eigenvalue weighted by Gasteiger charge is -2.38. The van der Waals surface area contributed by atoms with Crippen LogP contribution in [-0.4, -0.2) is 6.04 Å². The Labute approximate surface area is 322 Å². The largest absolute Gasteiger partial charge is 0.461 e. The summed E-state index contributed by atoms with van der Waals surface area (Å²) in [6.07, 6.45) is 10.7. The molecule has 266 valence electrons. The quantitative estimate of drug-likeness (QED) is 0.178. The lowest BCUT2D eigenvalue weighted by Crippen LogP contribution is -2.35. The number of nitrogens with zero attached hydrogens (tertiary/aromatic N) is 1. The number of furan rings is 1. The van der Waals surface area contributed by atoms with E-state index in [1.807, 2.05) is 0 Å². The number of fused-ring (bicyclic) bond motifs is 9. The van der Waals surface area contributed by atoms with Crippen molar-refractivity contribution >= 4 is 27.9 Å². The molecular weight excluding hydrogens is 671 g/mol. The van der Waals surface area contributed by atoms with E-state index in [-0.39, 0.29) is 23.3 Å². The number of rotatable bonds is 5. The van der Waals surface area contributed by atoms with Crippen LogP contribution in [0.2, 0.25) is 0 Å². The van der Waals surface area contributed by atoms with Crippen LogP contribution in [-0.2, 0) is 18.3 Å². The highest BCUT2D eigenvalue weighted by Crippen LogP contribution is 2.53. The number of allylic oxidation sites excluding steroid dienone is 4. The molecule has 1 aliphatic heterocycles. The Hall–Kier alpha value is -6.32. The molecule has 0 bridgehead atoms. The standard InChI is InChI=1S/C52H41NO2/c1-52(2)45-22-12-9-20-38(45)39-27-25-36(30-46(39)52)53(47-23-13-10-19-37(47)33-15-5-3-6-16-33)35-26-28-49-42(29-35)44-32-50-43(40-21-11-14-24-48(40)54-50)31-41(51(44)55-49)34-17-7-4-8-18-34/h3-30,37,44,47H,31-32H2,1-2H3. The van der Waals surface area contributed by atoms with Gasteiger partial charge in [-0.05, 0) is 69.8 Å². The fourth-order valence-corrected chi connectivity index (χ4v) is 9.86. The van der Waals surface area contributed by atoms with Crippen molar-refractivity contribution in [2.45, 2.75) is 50.0 Å². The maximum absolute atomic E-state index is 6.96. The molecule has 0 saturated heterocycles. The predicted molar refractivity (Wildman–Crippen MR) is 224 cm³/mol. The first kappa shape index (κ1) is 32.1. The van der Waals surface area contributed by atoms with E-state index in [2.05, 4.69) is 189 Å². The number of benzene rings is 6.